The van der Waals surface area contributed by atoms with Gasteiger partial charge in [-0.15, -0.1) is 0 Å². The number of aryl methyl sites for hydroxylation is 2. The van der Waals surface area contributed by atoms with E-state index >= 15 is 0 Å². The number of hydrogen-bond acceptors (Lipinski definition) is 2. The SMILES string of the molecule is Oc1ccc(CCc2ccc(O)c(-c3ccccc3)c2)cc1-c1ccccc1. The third kappa shape index (κ3) is 3.91. The van der Waals surface area contributed by atoms with Gasteiger partial charge in [0, 0.05) is 11.1 Å². The van der Waals surface area contributed by atoms with Crippen LogP contribution in [0.1, 0.15) is 11.1 Å². The lowest BCUT2D eigenvalue weighted by molar-refractivity contribution is 0.476. The molecular formula is C26H22O2. The first kappa shape index (κ1) is 17.9. The fourth-order valence-electron chi connectivity index (χ4n) is 3.46. The summed E-state index contributed by atoms with van der Waals surface area (Å²) in [5.74, 6) is 0.594. The Hall–Kier alpha value is -3.52. The second-order valence-corrected chi connectivity index (χ2v) is 6.94. The van der Waals surface area contributed by atoms with Crippen molar-refractivity contribution in [3.05, 3.63) is 108 Å². The van der Waals surface area contributed by atoms with Crippen molar-refractivity contribution >= 4 is 0 Å². The van der Waals surface area contributed by atoms with Gasteiger partial charge in [-0.25, -0.2) is 0 Å². The summed E-state index contributed by atoms with van der Waals surface area (Å²) in [5.41, 5.74) is 6.08. The third-order valence-electron chi connectivity index (χ3n) is 4.99. The van der Waals surface area contributed by atoms with E-state index in [2.05, 4.69) is 12.1 Å². The van der Waals surface area contributed by atoms with E-state index in [4.69, 9.17) is 0 Å². The zero-order valence-corrected chi connectivity index (χ0v) is 15.5. The number of aromatic hydroxyl groups is 2. The van der Waals surface area contributed by atoms with E-state index in [9.17, 15) is 10.2 Å². The van der Waals surface area contributed by atoms with Crippen LogP contribution in [0.4, 0.5) is 0 Å². The predicted octanol–water partition coefficient (Wildman–Crippen LogP) is 6.22. The van der Waals surface area contributed by atoms with Crippen LogP contribution in [0.3, 0.4) is 0 Å². The van der Waals surface area contributed by atoms with Crippen LogP contribution in [0.15, 0.2) is 97.1 Å². The maximum absolute atomic E-state index is 10.2. The lowest BCUT2D eigenvalue weighted by Gasteiger charge is -2.10. The summed E-state index contributed by atoms with van der Waals surface area (Å²) in [5, 5.41) is 20.5. The highest BCUT2D eigenvalue weighted by Crippen LogP contribution is 2.32. The average molecular weight is 366 g/mol. The molecule has 0 saturated heterocycles. The predicted molar refractivity (Wildman–Crippen MR) is 114 cm³/mol. The van der Waals surface area contributed by atoms with Gasteiger partial charge in [-0.05, 0) is 59.4 Å². The van der Waals surface area contributed by atoms with Crippen molar-refractivity contribution < 1.29 is 10.2 Å². The number of phenols is 2. The molecule has 2 nitrogen and oxygen atoms in total. The molecule has 0 unspecified atom stereocenters. The molecule has 0 saturated carbocycles. The highest BCUT2D eigenvalue weighted by molar-refractivity contribution is 5.71. The Bertz CT molecular complexity index is 981. The quantitative estimate of drug-likeness (QED) is 0.440. The van der Waals surface area contributed by atoms with Gasteiger partial charge in [0.2, 0.25) is 0 Å². The monoisotopic (exact) mass is 366 g/mol. The molecule has 28 heavy (non-hydrogen) atoms. The van der Waals surface area contributed by atoms with Crippen LogP contribution in [0.2, 0.25) is 0 Å². The zero-order valence-electron chi connectivity index (χ0n) is 15.5. The van der Waals surface area contributed by atoms with Crippen LogP contribution in [0.5, 0.6) is 11.5 Å². The Balaban J connectivity index is 1.56. The lowest BCUT2D eigenvalue weighted by Crippen LogP contribution is -1.93. The van der Waals surface area contributed by atoms with Crippen LogP contribution in [-0.4, -0.2) is 10.2 Å². The zero-order chi connectivity index (χ0) is 19.3. The van der Waals surface area contributed by atoms with Crippen LogP contribution in [-0.2, 0) is 12.8 Å². The minimum absolute atomic E-state index is 0.297. The molecule has 138 valence electrons. The molecule has 0 radical (unpaired) electrons. The smallest absolute Gasteiger partial charge is 0.123 e. The van der Waals surface area contributed by atoms with Crippen molar-refractivity contribution in [2.45, 2.75) is 12.8 Å². The van der Waals surface area contributed by atoms with Crippen LogP contribution < -0.4 is 0 Å². The van der Waals surface area contributed by atoms with E-state index in [-0.39, 0.29) is 0 Å². The number of rotatable bonds is 5. The second-order valence-electron chi connectivity index (χ2n) is 6.94. The minimum atomic E-state index is 0.297. The highest BCUT2D eigenvalue weighted by atomic mass is 16.3. The van der Waals surface area contributed by atoms with Crippen molar-refractivity contribution in [3.63, 3.8) is 0 Å². The first-order valence-corrected chi connectivity index (χ1v) is 9.45. The van der Waals surface area contributed by atoms with Gasteiger partial charge in [-0.2, -0.15) is 0 Å². The van der Waals surface area contributed by atoms with E-state index in [0.717, 1.165) is 35.1 Å². The lowest BCUT2D eigenvalue weighted by atomic mass is 9.96. The van der Waals surface area contributed by atoms with Crippen LogP contribution in [0, 0.1) is 0 Å². The molecule has 0 atom stereocenters. The first-order valence-electron chi connectivity index (χ1n) is 9.45. The molecule has 0 aliphatic carbocycles. The van der Waals surface area contributed by atoms with Crippen LogP contribution >= 0.6 is 0 Å². The largest absolute Gasteiger partial charge is 0.507 e. The fourth-order valence-corrected chi connectivity index (χ4v) is 3.46. The number of hydrogen-bond donors (Lipinski definition) is 2. The number of phenolic OH excluding ortho intramolecular Hbond substituents is 2. The molecule has 0 aromatic heterocycles. The molecular weight excluding hydrogens is 344 g/mol. The fraction of sp³-hybridized carbons (Fsp3) is 0.0769. The topological polar surface area (TPSA) is 40.5 Å². The van der Waals surface area contributed by atoms with Gasteiger partial charge >= 0.3 is 0 Å². The minimum Gasteiger partial charge on any atom is -0.507 e. The molecule has 2 heteroatoms. The van der Waals surface area contributed by atoms with Gasteiger partial charge in [0.25, 0.3) is 0 Å². The molecule has 0 heterocycles. The van der Waals surface area contributed by atoms with Crippen molar-refractivity contribution in [2.75, 3.05) is 0 Å². The Labute approximate surface area is 165 Å². The molecule has 0 bridgehead atoms. The van der Waals surface area contributed by atoms with E-state index in [1.54, 1.807) is 12.1 Å². The number of benzene rings is 4. The third-order valence-corrected chi connectivity index (χ3v) is 4.99. The summed E-state index contributed by atoms with van der Waals surface area (Å²) in [4.78, 5) is 0. The summed E-state index contributed by atoms with van der Waals surface area (Å²) in [6.45, 7) is 0. The molecule has 4 rings (SSSR count). The maximum Gasteiger partial charge on any atom is 0.123 e. The molecule has 0 amide bonds. The van der Waals surface area contributed by atoms with Crippen molar-refractivity contribution in [3.8, 4) is 33.8 Å². The second kappa shape index (κ2) is 8.01. The Kier molecular flexibility index (Phi) is 5.11. The van der Waals surface area contributed by atoms with Gasteiger partial charge < -0.3 is 10.2 Å². The molecule has 4 aromatic carbocycles. The Morgan fingerprint density at radius 3 is 1.25 bits per heavy atom. The van der Waals surface area contributed by atoms with Crippen molar-refractivity contribution in [2.24, 2.45) is 0 Å². The molecule has 0 spiro atoms. The normalized spacial score (nSPS) is 10.7. The van der Waals surface area contributed by atoms with Gasteiger partial charge in [-0.3, -0.25) is 0 Å². The summed E-state index contributed by atoms with van der Waals surface area (Å²) in [7, 11) is 0. The standard InChI is InChI=1S/C26H22O2/c27-25-15-13-19(17-23(25)21-7-3-1-4-8-21)11-12-20-14-16-26(28)24(18-20)22-9-5-2-6-10-22/h1-10,13-18,27-28H,11-12H2. The molecule has 0 fully saturated rings. The van der Waals surface area contributed by atoms with E-state index in [0.29, 0.717) is 11.5 Å². The molecule has 2 N–H and O–H groups in total. The molecule has 0 aliphatic rings. The van der Waals surface area contributed by atoms with Crippen molar-refractivity contribution in [1.82, 2.24) is 0 Å². The van der Waals surface area contributed by atoms with Gasteiger partial charge in [0.1, 0.15) is 11.5 Å². The Morgan fingerprint density at radius 2 is 0.857 bits per heavy atom. The van der Waals surface area contributed by atoms with Gasteiger partial charge in [0.05, 0.1) is 0 Å². The highest BCUT2D eigenvalue weighted by Gasteiger charge is 2.08. The van der Waals surface area contributed by atoms with Crippen LogP contribution in [0.25, 0.3) is 22.3 Å². The summed E-state index contributed by atoms with van der Waals surface area (Å²) >= 11 is 0. The molecule has 4 aromatic rings. The van der Waals surface area contributed by atoms with E-state index < -0.39 is 0 Å². The van der Waals surface area contributed by atoms with Gasteiger partial charge in [-0.1, -0.05) is 72.8 Å². The van der Waals surface area contributed by atoms with Crippen molar-refractivity contribution in [1.29, 1.82) is 0 Å². The first-order chi connectivity index (χ1) is 13.7. The summed E-state index contributed by atoms with van der Waals surface area (Å²) < 4.78 is 0. The van der Waals surface area contributed by atoms with E-state index in [1.807, 2.05) is 72.8 Å². The average Bonchev–Trinajstić information content (AvgIpc) is 2.75. The summed E-state index contributed by atoms with van der Waals surface area (Å²) in [6, 6.07) is 31.5. The Morgan fingerprint density at radius 1 is 0.464 bits per heavy atom. The maximum atomic E-state index is 10.2. The summed E-state index contributed by atoms with van der Waals surface area (Å²) in [6.07, 6.45) is 1.72. The van der Waals surface area contributed by atoms with E-state index in [1.165, 1.54) is 11.1 Å². The molecule has 0 aliphatic heterocycles. The van der Waals surface area contributed by atoms with Gasteiger partial charge in [0.15, 0.2) is 0 Å².